The number of unbranched alkanes of at least 4 members (excludes halogenated alkanes) is 11. The molecule has 35 heavy (non-hydrogen) atoms. The van der Waals surface area contributed by atoms with Crippen LogP contribution in [0.3, 0.4) is 0 Å². The third-order valence-electron chi connectivity index (χ3n) is 7.07. The summed E-state index contributed by atoms with van der Waals surface area (Å²) < 4.78 is 10.9. The fourth-order valence-corrected chi connectivity index (χ4v) is 4.89. The highest BCUT2D eigenvalue weighted by Gasteiger charge is 2.40. The number of rotatable bonds is 23. The Morgan fingerprint density at radius 1 is 0.914 bits per heavy atom. The molecule has 1 aliphatic rings. The van der Waals surface area contributed by atoms with Gasteiger partial charge in [0.15, 0.2) is 0 Å². The molecule has 0 saturated carbocycles. The number of hydrogen-bond donors (Lipinski definition) is 1. The van der Waals surface area contributed by atoms with E-state index in [1.807, 2.05) is 20.8 Å². The Morgan fingerprint density at radius 2 is 1.49 bits per heavy atom. The summed E-state index contributed by atoms with van der Waals surface area (Å²) in [6.45, 7) is 8.19. The molecule has 0 aromatic heterocycles. The van der Waals surface area contributed by atoms with Crippen molar-refractivity contribution in [1.29, 1.82) is 0 Å². The first-order valence-corrected chi connectivity index (χ1v) is 14.5. The molecule has 1 N–H and O–H groups in total. The van der Waals surface area contributed by atoms with Crippen molar-refractivity contribution >= 4 is 18.3 Å². The maximum absolute atomic E-state index is 12.2. The molecule has 1 rings (SSSR count). The van der Waals surface area contributed by atoms with Crippen molar-refractivity contribution in [2.24, 2.45) is 11.8 Å². The van der Waals surface area contributed by atoms with Crippen molar-refractivity contribution in [2.75, 3.05) is 0 Å². The van der Waals surface area contributed by atoms with E-state index in [0.29, 0.717) is 18.7 Å². The number of nitrogens with one attached hydrogen (secondary N) is 1. The van der Waals surface area contributed by atoms with Crippen molar-refractivity contribution in [3.05, 3.63) is 0 Å². The van der Waals surface area contributed by atoms with Gasteiger partial charge in [0.25, 0.3) is 0 Å². The van der Waals surface area contributed by atoms with Crippen LogP contribution in [0.2, 0.25) is 0 Å². The first-order chi connectivity index (χ1) is 16.9. The van der Waals surface area contributed by atoms with Crippen LogP contribution in [-0.4, -0.2) is 36.6 Å². The molecule has 0 spiro atoms. The molecule has 0 aromatic carbocycles. The lowest BCUT2D eigenvalue weighted by Gasteiger charge is -2.35. The van der Waals surface area contributed by atoms with Gasteiger partial charge in [-0.3, -0.25) is 9.59 Å². The fraction of sp³-hybridized carbons (Fsp3) is 0.897. The minimum Gasteiger partial charge on any atom is -0.461 e. The molecule has 0 radical (unpaired) electrons. The molecule has 0 aliphatic carbocycles. The fourth-order valence-electron chi connectivity index (χ4n) is 4.89. The lowest BCUT2D eigenvalue weighted by Crippen LogP contribution is -2.44. The second-order valence-corrected chi connectivity index (χ2v) is 10.9. The molecule has 0 bridgehead atoms. The van der Waals surface area contributed by atoms with Crippen molar-refractivity contribution in [3.8, 4) is 0 Å². The molecule has 1 heterocycles. The smallest absolute Gasteiger partial charge is 0.328 e. The minimum atomic E-state index is -0.546. The lowest BCUT2D eigenvalue weighted by atomic mass is 9.87. The van der Waals surface area contributed by atoms with Gasteiger partial charge in [-0.2, -0.15) is 0 Å². The van der Waals surface area contributed by atoms with Gasteiger partial charge in [-0.25, -0.2) is 4.79 Å². The Bertz CT molecular complexity index is 579. The summed E-state index contributed by atoms with van der Waals surface area (Å²) in [7, 11) is 0. The summed E-state index contributed by atoms with van der Waals surface area (Å²) in [5.74, 6) is 0.198. The Morgan fingerprint density at radius 3 is 2.06 bits per heavy atom. The Balaban J connectivity index is 1.96. The molecule has 6 nitrogen and oxygen atoms in total. The molecule has 1 saturated heterocycles. The van der Waals surface area contributed by atoms with Crippen LogP contribution < -0.4 is 5.32 Å². The van der Waals surface area contributed by atoms with E-state index in [4.69, 9.17) is 9.47 Å². The largest absolute Gasteiger partial charge is 0.461 e. The molecule has 0 aromatic rings. The molecule has 1 fully saturated rings. The average Bonchev–Trinajstić information content (AvgIpc) is 2.81. The van der Waals surface area contributed by atoms with Crippen LogP contribution >= 0.6 is 0 Å². The Kier molecular flexibility index (Phi) is 17.6. The second-order valence-electron chi connectivity index (χ2n) is 10.9. The quantitative estimate of drug-likeness (QED) is 0.0949. The SMILES string of the molecule is CCCCCC[C@@H]1C(=O)O[C@H]1CCCCCCCCCCC[C@H](C)OC(=O)[C@H](CC(C)C)NC=O. The van der Waals surface area contributed by atoms with E-state index in [1.54, 1.807) is 0 Å². The molecular formula is C29H53NO5. The predicted molar refractivity (Wildman–Crippen MR) is 141 cm³/mol. The molecular weight excluding hydrogens is 442 g/mol. The van der Waals surface area contributed by atoms with Gasteiger partial charge in [0.2, 0.25) is 6.41 Å². The van der Waals surface area contributed by atoms with Crippen LogP contribution in [0, 0.1) is 11.8 Å². The zero-order valence-electron chi connectivity index (χ0n) is 23.0. The Hall–Kier alpha value is -1.59. The van der Waals surface area contributed by atoms with Crippen molar-refractivity contribution in [2.45, 2.75) is 155 Å². The van der Waals surface area contributed by atoms with Gasteiger partial charge in [-0.15, -0.1) is 0 Å². The zero-order chi connectivity index (χ0) is 25.9. The average molecular weight is 496 g/mol. The van der Waals surface area contributed by atoms with Crippen LogP contribution in [-0.2, 0) is 23.9 Å². The van der Waals surface area contributed by atoms with Crippen LogP contribution in [0.15, 0.2) is 0 Å². The summed E-state index contributed by atoms with van der Waals surface area (Å²) in [5, 5.41) is 2.58. The van der Waals surface area contributed by atoms with Gasteiger partial charge in [0.05, 0.1) is 12.0 Å². The van der Waals surface area contributed by atoms with E-state index in [2.05, 4.69) is 12.2 Å². The summed E-state index contributed by atoms with van der Waals surface area (Å²) >= 11 is 0. The number of hydrogen-bond acceptors (Lipinski definition) is 5. The molecule has 4 atom stereocenters. The van der Waals surface area contributed by atoms with Crippen LogP contribution in [0.25, 0.3) is 0 Å². The predicted octanol–water partition coefficient (Wildman–Crippen LogP) is 6.88. The van der Waals surface area contributed by atoms with Gasteiger partial charge >= 0.3 is 11.9 Å². The van der Waals surface area contributed by atoms with Crippen LogP contribution in [0.5, 0.6) is 0 Å². The van der Waals surface area contributed by atoms with Gasteiger partial charge < -0.3 is 14.8 Å². The standard InChI is InChI=1S/C29H53NO5/c1-5-6-7-16-19-25-27(35-28(25)32)20-17-14-12-10-8-9-11-13-15-18-24(4)34-29(33)26(30-22-31)21-23(2)3/h22-27H,5-21H2,1-4H3,(H,30,31)/t24-,25-,26-,27-/m0/s1. The maximum Gasteiger partial charge on any atom is 0.328 e. The van der Waals surface area contributed by atoms with Crippen molar-refractivity contribution in [1.82, 2.24) is 5.32 Å². The summed E-state index contributed by atoms with van der Waals surface area (Å²) in [5.41, 5.74) is 0. The highest BCUT2D eigenvalue weighted by molar-refractivity contribution is 5.78. The lowest BCUT2D eigenvalue weighted by molar-refractivity contribution is -0.186. The van der Waals surface area contributed by atoms with E-state index in [0.717, 1.165) is 38.5 Å². The van der Waals surface area contributed by atoms with Gasteiger partial charge in [-0.1, -0.05) is 91.4 Å². The van der Waals surface area contributed by atoms with E-state index >= 15 is 0 Å². The third kappa shape index (κ3) is 14.5. The molecule has 0 unspecified atom stereocenters. The molecule has 1 aliphatic heterocycles. The second kappa shape index (κ2) is 19.6. The van der Waals surface area contributed by atoms with Crippen molar-refractivity contribution in [3.63, 3.8) is 0 Å². The third-order valence-corrected chi connectivity index (χ3v) is 7.07. The van der Waals surface area contributed by atoms with Crippen LogP contribution in [0.1, 0.15) is 137 Å². The number of cyclic esters (lactones) is 1. The maximum atomic E-state index is 12.2. The summed E-state index contributed by atoms with van der Waals surface area (Å²) in [6, 6.07) is -0.546. The highest BCUT2D eigenvalue weighted by Crippen LogP contribution is 2.31. The number of amides is 1. The first kappa shape index (κ1) is 31.4. The topological polar surface area (TPSA) is 81.7 Å². The Labute approximate surface area is 214 Å². The first-order valence-electron chi connectivity index (χ1n) is 14.5. The molecule has 6 heteroatoms. The zero-order valence-corrected chi connectivity index (χ0v) is 23.0. The van der Waals surface area contributed by atoms with Gasteiger partial charge in [0, 0.05) is 0 Å². The van der Waals surface area contributed by atoms with Gasteiger partial charge in [0.1, 0.15) is 12.1 Å². The van der Waals surface area contributed by atoms with E-state index in [9.17, 15) is 14.4 Å². The van der Waals surface area contributed by atoms with Crippen molar-refractivity contribution < 1.29 is 23.9 Å². The summed E-state index contributed by atoms with van der Waals surface area (Å²) in [4.78, 5) is 34.7. The number of ether oxygens (including phenoxy) is 2. The minimum absolute atomic E-state index is 0.0317. The van der Waals surface area contributed by atoms with E-state index in [1.165, 1.54) is 64.2 Å². The highest BCUT2D eigenvalue weighted by atomic mass is 16.6. The van der Waals surface area contributed by atoms with E-state index in [-0.39, 0.29) is 30.1 Å². The number of esters is 2. The number of carbonyl (C=O) groups excluding carboxylic acids is 3. The molecule has 204 valence electrons. The van der Waals surface area contributed by atoms with Gasteiger partial charge in [-0.05, 0) is 51.4 Å². The van der Waals surface area contributed by atoms with Crippen LogP contribution in [0.4, 0.5) is 0 Å². The van der Waals surface area contributed by atoms with E-state index < -0.39 is 6.04 Å². The normalized spacial score (nSPS) is 19.1. The summed E-state index contributed by atoms with van der Waals surface area (Å²) in [6.07, 6.45) is 20.0. The molecule has 1 amide bonds. The number of carbonyl (C=O) groups is 3. The monoisotopic (exact) mass is 495 g/mol.